The van der Waals surface area contributed by atoms with Crippen LogP contribution in [0.5, 0.6) is 0 Å². The second-order valence-electron chi connectivity index (χ2n) is 3.21. The first kappa shape index (κ1) is 11.9. The third-order valence-corrected chi connectivity index (χ3v) is 1.89. The predicted molar refractivity (Wildman–Crippen MR) is 53.5 cm³/mol. The van der Waals surface area contributed by atoms with Gasteiger partial charge in [0, 0.05) is 19.3 Å². The van der Waals surface area contributed by atoms with Crippen molar-refractivity contribution in [3.8, 4) is 0 Å². The molecule has 0 spiro atoms. The van der Waals surface area contributed by atoms with Crippen molar-refractivity contribution in [3.05, 3.63) is 0 Å². The van der Waals surface area contributed by atoms with Crippen molar-refractivity contribution in [1.82, 2.24) is 5.32 Å². The summed E-state index contributed by atoms with van der Waals surface area (Å²) in [6.45, 7) is 9.39. The minimum Gasteiger partial charge on any atom is -0.381 e. The van der Waals surface area contributed by atoms with E-state index < -0.39 is 0 Å². The van der Waals surface area contributed by atoms with Gasteiger partial charge in [0.25, 0.3) is 0 Å². The highest BCUT2D eigenvalue weighted by Crippen LogP contribution is 1.93. The zero-order chi connectivity index (χ0) is 9.23. The number of ether oxygens (including phenoxy) is 1. The summed E-state index contributed by atoms with van der Waals surface area (Å²) in [6.07, 6.45) is 3.54. The lowest BCUT2D eigenvalue weighted by atomic mass is 10.2. The number of nitrogens with one attached hydrogen (secondary N) is 1. The van der Waals surface area contributed by atoms with Crippen LogP contribution in [0.15, 0.2) is 0 Å². The Balaban J connectivity index is 2.97. The van der Waals surface area contributed by atoms with Crippen molar-refractivity contribution in [2.45, 2.75) is 46.1 Å². The molecule has 1 atom stereocenters. The first-order chi connectivity index (χ1) is 5.81. The average molecular weight is 173 g/mol. The highest BCUT2D eigenvalue weighted by atomic mass is 16.5. The van der Waals surface area contributed by atoms with Gasteiger partial charge in [-0.1, -0.05) is 20.3 Å². The fraction of sp³-hybridized carbons (Fsp3) is 1.00. The van der Waals surface area contributed by atoms with E-state index in [1.807, 2.05) is 0 Å². The van der Waals surface area contributed by atoms with Crippen LogP contribution in [0.2, 0.25) is 0 Å². The van der Waals surface area contributed by atoms with E-state index in [1.54, 1.807) is 0 Å². The van der Waals surface area contributed by atoms with E-state index in [0.717, 1.165) is 26.2 Å². The van der Waals surface area contributed by atoms with E-state index in [9.17, 15) is 0 Å². The summed E-state index contributed by atoms with van der Waals surface area (Å²) in [7, 11) is 0. The topological polar surface area (TPSA) is 21.3 Å². The Hall–Kier alpha value is -0.0800. The largest absolute Gasteiger partial charge is 0.381 e. The molecule has 0 heterocycles. The Bertz CT molecular complexity index is 85.9. The number of unbranched alkanes of at least 4 members (excludes halogenated alkanes) is 1. The van der Waals surface area contributed by atoms with E-state index in [2.05, 4.69) is 26.1 Å². The van der Waals surface area contributed by atoms with Crippen LogP contribution in [0.25, 0.3) is 0 Å². The molecule has 0 bridgehead atoms. The predicted octanol–water partition coefficient (Wildman–Crippen LogP) is 2.19. The summed E-state index contributed by atoms with van der Waals surface area (Å²) in [6, 6.07) is 0.594. The molecule has 0 amide bonds. The lowest BCUT2D eigenvalue weighted by Crippen LogP contribution is -2.26. The van der Waals surface area contributed by atoms with Crippen molar-refractivity contribution >= 4 is 0 Å². The van der Waals surface area contributed by atoms with E-state index in [-0.39, 0.29) is 0 Å². The minimum atomic E-state index is 0.594. The maximum Gasteiger partial charge on any atom is 0.0480 e. The van der Waals surface area contributed by atoms with Gasteiger partial charge in [-0.3, -0.25) is 0 Å². The molecule has 2 nitrogen and oxygen atoms in total. The molecule has 2 heteroatoms. The van der Waals surface area contributed by atoms with Crippen molar-refractivity contribution in [2.24, 2.45) is 0 Å². The van der Waals surface area contributed by atoms with Gasteiger partial charge >= 0.3 is 0 Å². The van der Waals surface area contributed by atoms with Gasteiger partial charge in [0.1, 0.15) is 0 Å². The number of hydrogen-bond donors (Lipinski definition) is 1. The third-order valence-electron chi connectivity index (χ3n) is 1.89. The Kier molecular flexibility index (Phi) is 8.95. The highest BCUT2D eigenvalue weighted by molar-refractivity contribution is 4.57. The van der Waals surface area contributed by atoms with Crippen LogP contribution in [0.3, 0.4) is 0 Å². The third kappa shape index (κ3) is 8.02. The molecule has 1 unspecified atom stereocenters. The Labute approximate surface area is 76.7 Å². The van der Waals surface area contributed by atoms with Gasteiger partial charge in [-0.25, -0.2) is 0 Å². The van der Waals surface area contributed by atoms with Gasteiger partial charge in [0.05, 0.1) is 0 Å². The van der Waals surface area contributed by atoms with Crippen LogP contribution in [0, 0.1) is 0 Å². The summed E-state index contributed by atoms with van der Waals surface area (Å²) in [5, 5.41) is 3.36. The normalized spacial score (nSPS) is 13.2. The Morgan fingerprint density at radius 3 is 2.58 bits per heavy atom. The lowest BCUT2D eigenvalue weighted by molar-refractivity contribution is 0.123. The summed E-state index contributed by atoms with van der Waals surface area (Å²) in [5.74, 6) is 0. The molecule has 0 aliphatic carbocycles. The van der Waals surface area contributed by atoms with Crippen LogP contribution in [0.4, 0.5) is 0 Å². The average Bonchev–Trinajstić information content (AvgIpc) is 2.05. The molecule has 12 heavy (non-hydrogen) atoms. The molecule has 0 fully saturated rings. The first-order valence-electron chi connectivity index (χ1n) is 5.12. The molecule has 0 aromatic heterocycles. The molecular weight excluding hydrogens is 150 g/mol. The van der Waals surface area contributed by atoms with Crippen LogP contribution >= 0.6 is 0 Å². The van der Waals surface area contributed by atoms with Gasteiger partial charge in [0.2, 0.25) is 0 Å². The molecule has 0 rings (SSSR count). The van der Waals surface area contributed by atoms with E-state index in [0.29, 0.717) is 6.04 Å². The van der Waals surface area contributed by atoms with Crippen LogP contribution < -0.4 is 5.32 Å². The Morgan fingerprint density at radius 1 is 1.25 bits per heavy atom. The van der Waals surface area contributed by atoms with E-state index in [4.69, 9.17) is 4.74 Å². The fourth-order valence-corrected chi connectivity index (χ4v) is 1.06. The molecule has 0 saturated heterocycles. The fourth-order valence-electron chi connectivity index (χ4n) is 1.06. The smallest absolute Gasteiger partial charge is 0.0480 e. The zero-order valence-corrected chi connectivity index (χ0v) is 8.73. The highest BCUT2D eigenvalue weighted by Gasteiger charge is 1.97. The summed E-state index contributed by atoms with van der Waals surface area (Å²) in [4.78, 5) is 0. The first-order valence-corrected chi connectivity index (χ1v) is 5.12. The van der Waals surface area contributed by atoms with Gasteiger partial charge < -0.3 is 10.1 Å². The van der Waals surface area contributed by atoms with Gasteiger partial charge in [-0.15, -0.1) is 0 Å². The van der Waals surface area contributed by atoms with Crippen LogP contribution in [-0.4, -0.2) is 25.8 Å². The summed E-state index contributed by atoms with van der Waals surface area (Å²) < 4.78 is 5.45. The van der Waals surface area contributed by atoms with Crippen LogP contribution in [-0.2, 0) is 4.74 Å². The Morgan fingerprint density at radius 2 is 2.00 bits per heavy atom. The van der Waals surface area contributed by atoms with Crippen molar-refractivity contribution in [3.63, 3.8) is 0 Å². The quantitative estimate of drug-likeness (QED) is 0.568. The molecule has 0 aliphatic heterocycles. The number of rotatable bonds is 8. The molecule has 0 aromatic rings. The molecule has 74 valence electrons. The molecular formula is C10H23NO. The van der Waals surface area contributed by atoms with Gasteiger partial charge in [-0.05, 0) is 26.3 Å². The maximum atomic E-state index is 5.45. The van der Waals surface area contributed by atoms with Crippen molar-refractivity contribution < 1.29 is 4.74 Å². The second kappa shape index (κ2) is 9.01. The van der Waals surface area contributed by atoms with E-state index >= 15 is 0 Å². The lowest BCUT2D eigenvalue weighted by Gasteiger charge is -2.11. The van der Waals surface area contributed by atoms with Gasteiger partial charge in [0.15, 0.2) is 0 Å². The standard InChI is InChI=1S/C10H23NO/c1-4-6-8-12-9-7-10(3)11-5-2/h10-11H,4-9H2,1-3H3. The molecule has 0 aromatic carbocycles. The molecule has 1 N–H and O–H groups in total. The monoisotopic (exact) mass is 173 g/mol. The molecule has 0 radical (unpaired) electrons. The van der Waals surface area contributed by atoms with Crippen LogP contribution in [0.1, 0.15) is 40.0 Å². The van der Waals surface area contributed by atoms with Gasteiger partial charge in [-0.2, -0.15) is 0 Å². The summed E-state index contributed by atoms with van der Waals surface area (Å²) in [5.41, 5.74) is 0. The number of hydrogen-bond acceptors (Lipinski definition) is 2. The van der Waals surface area contributed by atoms with E-state index in [1.165, 1.54) is 12.8 Å². The van der Waals surface area contributed by atoms with Crippen molar-refractivity contribution in [2.75, 3.05) is 19.8 Å². The zero-order valence-electron chi connectivity index (χ0n) is 8.73. The minimum absolute atomic E-state index is 0.594. The van der Waals surface area contributed by atoms with Crippen molar-refractivity contribution in [1.29, 1.82) is 0 Å². The maximum absolute atomic E-state index is 5.45. The molecule has 0 saturated carbocycles. The summed E-state index contributed by atoms with van der Waals surface area (Å²) >= 11 is 0. The SMILES string of the molecule is CCCCOCCC(C)NCC. The molecule has 0 aliphatic rings. The second-order valence-corrected chi connectivity index (χ2v) is 3.21.